The number of benzene rings is 2. The van der Waals surface area contributed by atoms with E-state index in [9.17, 15) is 0 Å². The van der Waals surface area contributed by atoms with Crippen LogP contribution >= 0.6 is 0 Å². The van der Waals surface area contributed by atoms with E-state index in [2.05, 4.69) is 95.0 Å². The van der Waals surface area contributed by atoms with E-state index in [1.807, 2.05) is 0 Å². The van der Waals surface area contributed by atoms with Crippen molar-refractivity contribution < 1.29 is 4.74 Å². The molecular weight excluding hydrogens is 472 g/mol. The van der Waals surface area contributed by atoms with Crippen molar-refractivity contribution in [1.82, 2.24) is 0 Å². The summed E-state index contributed by atoms with van der Waals surface area (Å²) in [6, 6.07) is 17.3. The van der Waals surface area contributed by atoms with Crippen LogP contribution in [0.3, 0.4) is 0 Å². The number of rotatable bonds is 11. The van der Waals surface area contributed by atoms with Crippen molar-refractivity contribution >= 4 is 5.76 Å². The molecular formula is C38H56O. The molecule has 39 heavy (non-hydrogen) atoms. The lowest BCUT2D eigenvalue weighted by molar-refractivity contribution is 0.270. The Bertz CT molecular complexity index is 968. The third kappa shape index (κ3) is 12.5. The highest BCUT2D eigenvalue weighted by molar-refractivity contribution is 5.65. The summed E-state index contributed by atoms with van der Waals surface area (Å²) in [4.78, 5) is 0. The van der Waals surface area contributed by atoms with Crippen molar-refractivity contribution in [2.24, 2.45) is 0 Å². The highest BCUT2D eigenvalue weighted by Crippen LogP contribution is 2.36. The Morgan fingerprint density at radius 1 is 0.641 bits per heavy atom. The first-order valence-corrected chi connectivity index (χ1v) is 16.2. The Balaban J connectivity index is 0.000000374. The summed E-state index contributed by atoms with van der Waals surface area (Å²) in [5, 5.41) is 0. The molecule has 0 aliphatic heterocycles. The van der Waals surface area contributed by atoms with Gasteiger partial charge in [0, 0.05) is 16.7 Å². The molecule has 0 amide bonds. The summed E-state index contributed by atoms with van der Waals surface area (Å²) < 4.78 is 6.04. The van der Waals surface area contributed by atoms with Crippen molar-refractivity contribution in [3.63, 3.8) is 0 Å². The van der Waals surface area contributed by atoms with Gasteiger partial charge in [-0.1, -0.05) is 129 Å². The van der Waals surface area contributed by atoms with Crippen LogP contribution < -0.4 is 0 Å². The van der Waals surface area contributed by atoms with E-state index in [-0.39, 0.29) is 0 Å². The highest BCUT2D eigenvalue weighted by atomic mass is 16.5. The smallest absolute Gasteiger partial charge is 0.125 e. The van der Waals surface area contributed by atoms with Gasteiger partial charge in [-0.15, -0.1) is 0 Å². The van der Waals surface area contributed by atoms with Crippen molar-refractivity contribution in [2.45, 2.75) is 137 Å². The second-order valence-corrected chi connectivity index (χ2v) is 11.1. The van der Waals surface area contributed by atoms with Crippen LogP contribution in [-0.4, -0.2) is 6.61 Å². The molecule has 1 heteroatoms. The van der Waals surface area contributed by atoms with E-state index in [1.54, 1.807) is 0 Å². The maximum absolute atomic E-state index is 6.04. The molecule has 2 aliphatic carbocycles. The quantitative estimate of drug-likeness (QED) is 0.160. The Morgan fingerprint density at radius 3 is 1.56 bits per heavy atom. The molecule has 2 aliphatic rings. The van der Waals surface area contributed by atoms with Crippen LogP contribution in [0.2, 0.25) is 0 Å². The normalized spacial score (nSPS) is 13.8. The topological polar surface area (TPSA) is 9.23 Å². The molecule has 1 nitrogen and oxygen atoms in total. The summed E-state index contributed by atoms with van der Waals surface area (Å²) in [6.07, 6.45) is 19.8. The zero-order valence-corrected chi connectivity index (χ0v) is 25.9. The lowest BCUT2D eigenvalue weighted by Gasteiger charge is -2.25. The molecule has 214 valence electrons. The fraction of sp³-hybridized carbons (Fsp3) is 0.579. The second kappa shape index (κ2) is 20.4. The number of unbranched alkanes of at least 4 members (excludes halogenated alkanes) is 6. The molecule has 0 N–H and O–H groups in total. The monoisotopic (exact) mass is 528 g/mol. The zero-order valence-electron chi connectivity index (χ0n) is 25.9. The minimum absolute atomic E-state index is 0.786. The zero-order chi connectivity index (χ0) is 28.1. The largest absolute Gasteiger partial charge is 0.493 e. The van der Waals surface area contributed by atoms with Gasteiger partial charge in [0.2, 0.25) is 0 Å². The molecule has 2 aromatic carbocycles. The minimum Gasteiger partial charge on any atom is -0.493 e. The predicted octanol–water partition coefficient (Wildman–Crippen LogP) is 11.8. The van der Waals surface area contributed by atoms with Gasteiger partial charge in [-0.3, -0.25) is 0 Å². The standard InChI is InChI=1S/C26H28O.C7H16.C5H12/c1-2-19-27-26(24-7-4-8-24)25-17-13-21(14-18-25)10-9-20-11-15-23(16-12-20)22-5-3-6-22;1-3-5-7-6-4-2;1-3-5-4-2/h11-18,22H,2-8,19H2,1H3;3-7H2,1-2H3;3-5H2,1-2H3. The number of hydrogen-bond donors (Lipinski definition) is 0. The van der Waals surface area contributed by atoms with E-state index in [4.69, 9.17) is 4.74 Å². The van der Waals surface area contributed by atoms with Gasteiger partial charge in [-0.25, -0.2) is 0 Å². The minimum atomic E-state index is 0.786. The summed E-state index contributed by atoms with van der Waals surface area (Å²) in [6.45, 7) is 11.9. The van der Waals surface area contributed by atoms with E-state index >= 15 is 0 Å². The van der Waals surface area contributed by atoms with Gasteiger partial charge < -0.3 is 4.74 Å². The van der Waals surface area contributed by atoms with Crippen LogP contribution in [0.4, 0.5) is 0 Å². The third-order valence-electron chi connectivity index (χ3n) is 7.63. The van der Waals surface area contributed by atoms with Gasteiger partial charge in [0.1, 0.15) is 5.76 Å². The molecule has 2 fully saturated rings. The van der Waals surface area contributed by atoms with E-state index in [0.29, 0.717) is 0 Å². The number of ether oxygens (including phenoxy) is 1. The fourth-order valence-electron chi connectivity index (χ4n) is 4.63. The van der Waals surface area contributed by atoms with Gasteiger partial charge in [0.05, 0.1) is 6.61 Å². The first-order chi connectivity index (χ1) is 19.2. The van der Waals surface area contributed by atoms with Crippen LogP contribution in [-0.2, 0) is 4.74 Å². The van der Waals surface area contributed by atoms with E-state index in [1.165, 1.54) is 107 Å². The Hall–Kier alpha value is -2.46. The van der Waals surface area contributed by atoms with Crippen molar-refractivity contribution in [3.8, 4) is 11.8 Å². The van der Waals surface area contributed by atoms with Crippen LogP contribution in [0.5, 0.6) is 0 Å². The van der Waals surface area contributed by atoms with Crippen molar-refractivity contribution in [2.75, 3.05) is 6.61 Å². The summed E-state index contributed by atoms with van der Waals surface area (Å²) in [5.74, 6) is 8.49. The molecule has 0 heterocycles. The SMILES string of the molecule is CCCCC.CCCCCCC.CCCOC(=C1CCC1)c1ccc(C#Cc2ccc(C3CCC3)cc2)cc1. The predicted molar refractivity (Wildman–Crippen MR) is 172 cm³/mol. The Kier molecular flexibility index (Phi) is 17.2. The molecule has 2 aromatic rings. The molecule has 4 rings (SSSR count). The first-order valence-electron chi connectivity index (χ1n) is 16.2. The molecule has 0 unspecified atom stereocenters. The third-order valence-corrected chi connectivity index (χ3v) is 7.63. The maximum Gasteiger partial charge on any atom is 0.125 e. The summed E-state index contributed by atoms with van der Waals surface area (Å²) in [7, 11) is 0. The Morgan fingerprint density at radius 2 is 1.18 bits per heavy atom. The van der Waals surface area contributed by atoms with Gasteiger partial charge >= 0.3 is 0 Å². The van der Waals surface area contributed by atoms with Gasteiger partial charge in [-0.2, -0.15) is 0 Å². The summed E-state index contributed by atoms with van der Waals surface area (Å²) >= 11 is 0. The van der Waals surface area contributed by atoms with Crippen molar-refractivity contribution in [3.05, 3.63) is 76.4 Å². The van der Waals surface area contributed by atoms with Crippen LogP contribution in [0.1, 0.15) is 159 Å². The molecule has 0 bridgehead atoms. The lowest BCUT2D eigenvalue weighted by atomic mass is 9.80. The van der Waals surface area contributed by atoms with Gasteiger partial charge in [0.25, 0.3) is 0 Å². The first kappa shape index (κ1) is 32.8. The van der Waals surface area contributed by atoms with Crippen molar-refractivity contribution in [1.29, 1.82) is 0 Å². The molecule has 0 atom stereocenters. The highest BCUT2D eigenvalue weighted by Gasteiger charge is 2.19. The van der Waals surface area contributed by atoms with Crippen LogP contribution in [0, 0.1) is 11.8 Å². The molecule has 0 spiro atoms. The molecule has 2 saturated carbocycles. The van der Waals surface area contributed by atoms with Crippen LogP contribution in [0.15, 0.2) is 54.1 Å². The second-order valence-electron chi connectivity index (χ2n) is 11.1. The molecule has 0 saturated heterocycles. The van der Waals surface area contributed by atoms with E-state index < -0.39 is 0 Å². The Labute approximate surface area is 241 Å². The van der Waals surface area contributed by atoms with Crippen LogP contribution in [0.25, 0.3) is 5.76 Å². The average molecular weight is 529 g/mol. The fourth-order valence-corrected chi connectivity index (χ4v) is 4.63. The number of hydrogen-bond acceptors (Lipinski definition) is 1. The number of allylic oxidation sites excluding steroid dienone is 1. The van der Waals surface area contributed by atoms with Gasteiger partial charge in [0.15, 0.2) is 0 Å². The average Bonchev–Trinajstić information content (AvgIpc) is 2.90. The maximum atomic E-state index is 6.04. The summed E-state index contributed by atoms with van der Waals surface area (Å²) in [5.41, 5.74) is 6.27. The van der Waals surface area contributed by atoms with Gasteiger partial charge in [-0.05, 0) is 79.8 Å². The van der Waals surface area contributed by atoms with E-state index in [0.717, 1.165) is 35.8 Å². The molecule has 0 aromatic heterocycles. The molecule has 0 radical (unpaired) electrons. The lowest BCUT2D eigenvalue weighted by Crippen LogP contribution is -2.08.